The number of hydrogen-bond acceptors (Lipinski definition) is 3. The quantitative estimate of drug-likeness (QED) is 0.823. The van der Waals surface area contributed by atoms with E-state index in [9.17, 15) is 0 Å². The second-order valence-electron chi connectivity index (χ2n) is 4.17. The molecule has 1 aromatic rings. The number of likely N-dealkylation sites (N-methyl/N-ethyl adjacent to an activating group) is 1. The van der Waals surface area contributed by atoms with Crippen LogP contribution in [0.3, 0.4) is 0 Å². The molecule has 0 bridgehead atoms. The summed E-state index contributed by atoms with van der Waals surface area (Å²) in [5.74, 6) is 0.964. The molecule has 3 heteroatoms. The van der Waals surface area contributed by atoms with E-state index in [-0.39, 0.29) is 6.10 Å². The van der Waals surface area contributed by atoms with Crippen LogP contribution in [0.4, 0.5) is 5.69 Å². The largest absolute Gasteiger partial charge is 0.487 e. The summed E-state index contributed by atoms with van der Waals surface area (Å²) >= 11 is 0. The zero-order chi connectivity index (χ0) is 11.5. The Balaban J connectivity index is 2.31. The molecule has 2 rings (SSSR count). The minimum atomic E-state index is 0.253. The van der Waals surface area contributed by atoms with Gasteiger partial charge in [-0.25, -0.2) is 0 Å². The Kier molecular flexibility index (Phi) is 3.15. The van der Waals surface area contributed by atoms with Crippen LogP contribution in [-0.4, -0.2) is 26.2 Å². The highest BCUT2D eigenvalue weighted by Crippen LogP contribution is 2.33. The molecule has 16 heavy (non-hydrogen) atoms. The molecule has 1 unspecified atom stereocenters. The first-order chi connectivity index (χ1) is 7.70. The molecule has 2 N–H and O–H groups in total. The lowest BCUT2D eigenvalue weighted by molar-refractivity contribution is 0.215. The first-order valence-electron chi connectivity index (χ1n) is 5.59. The van der Waals surface area contributed by atoms with Crippen molar-refractivity contribution in [3.05, 3.63) is 29.8 Å². The van der Waals surface area contributed by atoms with Crippen molar-refractivity contribution in [3.8, 4) is 5.75 Å². The third-order valence-corrected chi connectivity index (χ3v) is 2.70. The van der Waals surface area contributed by atoms with Crippen LogP contribution >= 0.6 is 0 Å². The van der Waals surface area contributed by atoms with Crippen LogP contribution in [-0.2, 0) is 0 Å². The van der Waals surface area contributed by atoms with Crippen LogP contribution in [0.25, 0.3) is 6.08 Å². The van der Waals surface area contributed by atoms with E-state index in [1.807, 2.05) is 18.2 Å². The lowest BCUT2D eigenvalue weighted by atomic mass is 10.1. The Morgan fingerprint density at radius 2 is 2.38 bits per heavy atom. The van der Waals surface area contributed by atoms with Gasteiger partial charge in [0.15, 0.2) is 0 Å². The molecule has 0 spiro atoms. The summed E-state index contributed by atoms with van der Waals surface area (Å²) in [5, 5.41) is 0. The van der Waals surface area contributed by atoms with Crippen LogP contribution in [0.5, 0.6) is 5.75 Å². The third-order valence-electron chi connectivity index (χ3n) is 2.70. The van der Waals surface area contributed by atoms with E-state index in [0.29, 0.717) is 6.54 Å². The van der Waals surface area contributed by atoms with Gasteiger partial charge in [0.05, 0.1) is 12.2 Å². The van der Waals surface area contributed by atoms with E-state index >= 15 is 0 Å². The smallest absolute Gasteiger partial charge is 0.143 e. The minimum Gasteiger partial charge on any atom is -0.487 e. The third kappa shape index (κ3) is 2.19. The Bertz CT molecular complexity index is 401. The SMILES string of the molecule is CC1CN(C)c2cc(/C=C/CN)ccc2O1. The zero-order valence-corrected chi connectivity index (χ0v) is 9.81. The summed E-state index contributed by atoms with van der Waals surface area (Å²) in [5.41, 5.74) is 7.75. The highest BCUT2D eigenvalue weighted by molar-refractivity contribution is 5.66. The molecular formula is C13H18N2O. The summed E-state index contributed by atoms with van der Waals surface area (Å²) in [6, 6.07) is 6.21. The molecule has 0 radical (unpaired) electrons. The molecule has 0 amide bonds. The van der Waals surface area contributed by atoms with E-state index < -0.39 is 0 Å². The van der Waals surface area contributed by atoms with Gasteiger partial charge in [0.1, 0.15) is 11.9 Å². The van der Waals surface area contributed by atoms with Crippen LogP contribution in [0, 0.1) is 0 Å². The normalized spacial score (nSPS) is 19.7. The monoisotopic (exact) mass is 218 g/mol. The van der Waals surface area contributed by atoms with Gasteiger partial charge in [-0.15, -0.1) is 0 Å². The molecule has 0 saturated carbocycles. The molecule has 1 aliphatic rings. The summed E-state index contributed by atoms with van der Waals surface area (Å²) in [6.45, 7) is 3.58. The summed E-state index contributed by atoms with van der Waals surface area (Å²) in [4.78, 5) is 2.23. The number of ether oxygens (including phenoxy) is 1. The minimum absolute atomic E-state index is 0.253. The summed E-state index contributed by atoms with van der Waals surface area (Å²) in [7, 11) is 2.09. The van der Waals surface area contributed by atoms with Crippen molar-refractivity contribution in [1.29, 1.82) is 0 Å². The van der Waals surface area contributed by atoms with Crippen LogP contribution < -0.4 is 15.4 Å². The van der Waals surface area contributed by atoms with Crippen molar-refractivity contribution in [3.63, 3.8) is 0 Å². The van der Waals surface area contributed by atoms with Crippen LogP contribution in [0.15, 0.2) is 24.3 Å². The van der Waals surface area contributed by atoms with E-state index in [0.717, 1.165) is 23.5 Å². The average molecular weight is 218 g/mol. The average Bonchev–Trinajstić information content (AvgIpc) is 2.26. The summed E-state index contributed by atoms with van der Waals surface area (Å²) in [6.07, 6.45) is 4.24. The van der Waals surface area contributed by atoms with Crippen LogP contribution in [0.1, 0.15) is 12.5 Å². The Hall–Kier alpha value is -1.48. The van der Waals surface area contributed by atoms with Crippen LogP contribution in [0.2, 0.25) is 0 Å². The van der Waals surface area contributed by atoms with Crippen molar-refractivity contribution in [2.75, 3.05) is 25.0 Å². The van der Waals surface area contributed by atoms with Crippen molar-refractivity contribution >= 4 is 11.8 Å². The number of rotatable bonds is 2. The van der Waals surface area contributed by atoms with E-state index in [4.69, 9.17) is 10.5 Å². The van der Waals surface area contributed by atoms with E-state index in [1.54, 1.807) is 0 Å². The molecule has 1 atom stereocenters. The predicted octanol–water partition coefficient (Wildman–Crippen LogP) is 1.88. The Morgan fingerprint density at radius 1 is 1.56 bits per heavy atom. The molecule has 0 saturated heterocycles. The van der Waals surface area contributed by atoms with Gasteiger partial charge in [0.2, 0.25) is 0 Å². The maximum Gasteiger partial charge on any atom is 0.143 e. The van der Waals surface area contributed by atoms with Crippen molar-refractivity contribution in [2.45, 2.75) is 13.0 Å². The van der Waals surface area contributed by atoms with Gasteiger partial charge >= 0.3 is 0 Å². The molecule has 1 heterocycles. The maximum atomic E-state index is 5.77. The molecule has 86 valence electrons. The second kappa shape index (κ2) is 4.58. The standard InChI is InChI=1S/C13H18N2O/c1-10-9-15(2)12-8-11(4-3-7-14)5-6-13(12)16-10/h3-6,8,10H,7,9,14H2,1-2H3/b4-3+. The molecule has 0 fully saturated rings. The Morgan fingerprint density at radius 3 is 3.12 bits per heavy atom. The number of nitrogens with zero attached hydrogens (tertiary/aromatic N) is 1. The number of hydrogen-bond donors (Lipinski definition) is 1. The first kappa shape index (κ1) is 11.0. The van der Waals surface area contributed by atoms with Crippen molar-refractivity contribution in [1.82, 2.24) is 0 Å². The fourth-order valence-electron chi connectivity index (χ4n) is 1.98. The van der Waals surface area contributed by atoms with Gasteiger partial charge in [0, 0.05) is 13.6 Å². The number of benzene rings is 1. The fraction of sp³-hybridized carbons (Fsp3) is 0.385. The maximum absolute atomic E-state index is 5.77. The fourth-order valence-corrected chi connectivity index (χ4v) is 1.98. The predicted molar refractivity (Wildman–Crippen MR) is 67.9 cm³/mol. The lowest BCUT2D eigenvalue weighted by Gasteiger charge is -2.32. The second-order valence-corrected chi connectivity index (χ2v) is 4.17. The van der Waals surface area contributed by atoms with Gasteiger partial charge < -0.3 is 15.4 Å². The van der Waals surface area contributed by atoms with Crippen molar-refractivity contribution in [2.24, 2.45) is 5.73 Å². The van der Waals surface area contributed by atoms with Gasteiger partial charge in [-0.1, -0.05) is 18.2 Å². The molecule has 3 nitrogen and oxygen atoms in total. The Labute approximate surface area is 96.5 Å². The van der Waals surface area contributed by atoms with Gasteiger partial charge in [-0.3, -0.25) is 0 Å². The van der Waals surface area contributed by atoms with Gasteiger partial charge in [-0.2, -0.15) is 0 Å². The molecule has 1 aliphatic heterocycles. The highest BCUT2D eigenvalue weighted by Gasteiger charge is 2.19. The van der Waals surface area contributed by atoms with E-state index in [2.05, 4.69) is 31.0 Å². The number of nitrogens with two attached hydrogens (primary N) is 1. The van der Waals surface area contributed by atoms with Gasteiger partial charge in [-0.05, 0) is 24.6 Å². The topological polar surface area (TPSA) is 38.5 Å². The lowest BCUT2D eigenvalue weighted by Crippen LogP contribution is -2.35. The molecule has 0 aromatic heterocycles. The first-order valence-corrected chi connectivity index (χ1v) is 5.59. The number of fused-ring (bicyclic) bond motifs is 1. The molecule has 1 aromatic carbocycles. The molecular weight excluding hydrogens is 200 g/mol. The summed E-state index contributed by atoms with van der Waals surface area (Å²) < 4.78 is 5.77. The van der Waals surface area contributed by atoms with E-state index in [1.165, 1.54) is 0 Å². The molecule has 0 aliphatic carbocycles. The number of anilines is 1. The van der Waals surface area contributed by atoms with Crippen molar-refractivity contribution < 1.29 is 4.74 Å². The zero-order valence-electron chi connectivity index (χ0n) is 9.81. The van der Waals surface area contributed by atoms with Gasteiger partial charge in [0.25, 0.3) is 0 Å². The highest BCUT2D eigenvalue weighted by atomic mass is 16.5.